The minimum Gasteiger partial charge on any atom is -0.480 e. The van der Waals surface area contributed by atoms with Gasteiger partial charge in [-0.1, -0.05) is 11.6 Å². The Labute approximate surface area is 217 Å². The molecule has 3 aromatic rings. The maximum Gasteiger partial charge on any atom is 0.294 e. The molecule has 2 N–H and O–H groups in total. The molecule has 0 spiro atoms. The SMILES string of the molecule is COc1nccc2oc(C(=O)Nc3ccc(Cl)cn3)c(NC(=O)C3CCC(N4CCOCC4=O)CC3)c12. The van der Waals surface area contributed by atoms with Gasteiger partial charge in [0.1, 0.15) is 29.1 Å². The molecule has 194 valence electrons. The highest BCUT2D eigenvalue weighted by Crippen LogP contribution is 2.38. The molecule has 5 rings (SSSR count). The highest BCUT2D eigenvalue weighted by molar-refractivity contribution is 6.30. The Morgan fingerprint density at radius 2 is 1.95 bits per heavy atom. The topological polar surface area (TPSA) is 136 Å². The third kappa shape index (κ3) is 5.23. The predicted molar refractivity (Wildman–Crippen MR) is 135 cm³/mol. The van der Waals surface area contributed by atoms with Gasteiger partial charge >= 0.3 is 0 Å². The number of ether oxygens (including phenoxy) is 2. The van der Waals surface area contributed by atoms with Crippen LogP contribution in [-0.4, -0.2) is 65.5 Å². The monoisotopic (exact) mass is 527 g/mol. The maximum absolute atomic E-state index is 13.4. The molecule has 1 aliphatic carbocycles. The largest absolute Gasteiger partial charge is 0.480 e. The van der Waals surface area contributed by atoms with Crippen LogP contribution in [0.15, 0.2) is 35.0 Å². The van der Waals surface area contributed by atoms with Crippen LogP contribution < -0.4 is 15.4 Å². The van der Waals surface area contributed by atoms with Gasteiger partial charge in [0.2, 0.25) is 23.5 Å². The van der Waals surface area contributed by atoms with E-state index in [2.05, 4.69) is 20.6 Å². The number of aromatic nitrogens is 2. The number of halogens is 1. The summed E-state index contributed by atoms with van der Waals surface area (Å²) in [6.07, 6.45) is 5.57. The summed E-state index contributed by atoms with van der Waals surface area (Å²) in [5.41, 5.74) is 0.521. The van der Waals surface area contributed by atoms with Gasteiger partial charge in [-0.2, -0.15) is 0 Å². The summed E-state index contributed by atoms with van der Waals surface area (Å²) >= 11 is 5.88. The molecule has 0 unspecified atom stereocenters. The van der Waals surface area contributed by atoms with Crippen LogP contribution in [0.5, 0.6) is 5.88 Å². The summed E-state index contributed by atoms with van der Waals surface area (Å²) in [5.74, 6) is -0.734. The molecule has 2 aliphatic rings. The van der Waals surface area contributed by atoms with E-state index in [1.165, 1.54) is 19.5 Å². The minimum absolute atomic E-state index is 0.00514. The normalized spacial score (nSPS) is 20.1. The number of rotatable bonds is 6. The number of nitrogens with zero attached hydrogens (tertiary/aromatic N) is 3. The summed E-state index contributed by atoms with van der Waals surface area (Å²) in [7, 11) is 1.45. The molecule has 4 heterocycles. The average molecular weight is 528 g/mol. The van der Waals surface area contributed by atoms with E-state index in [0.717, 1.165) is 12.8 Å². The summed E-state index contributed by atoms with van der Waals surface area (Å²) < 4.78 is 16.4. The number of methoxy groups -OCH3 is 1. The maximum atomic E-state index is 13.4. The molecule has 2 fully saturated rings. The van der Waals surface area contributed by atoms with Gasteiger partial charge in [0.25, 0.3) is 5.91 Å². The van der Waals surface area contributed by atoms with Crippen LogP contribution >= 0.6 is 11.6 Å². The molecule has 37 heavy (non-hydrogen) atoms. The van der Waals surface area contributed by atoms with Crippen molar-refractivity contribution in [1.82, 2.24) is 14.9 Å². The molecule has 1 saturated heterocycles. The van der Waals surface area contributed by atoms with Crippen molar-refractivity contribution < 1.29 is 28.3 Å². The van der Waals surface area contributed by atoms with Crippen LogP contribution in [0.4, 0.5) is 11.5 Å². The zero-order valence-corrected chi connectivity index (χ0v) is 20.9. The van der Waals surface area contributed by atoms with Crippen molar-refractivity contribution in [3.05, 3.63) is 41.4 Å². The van der Waals surface area contributed by atoms with Crippen LogP contribution in [0, 0.1) is 5.92 Å². The molecular weight excluding hydrogens is 502 g/mol. The standard InChI is InChI=1S/C25H26ClN5O6/c1-35-25-20-17(8-9-27-25)37-22(24(34)29-18-7-4-15(26)12-28-18)21(20)30-23(33)14-2-5-16(6-3-14)31-10-11-36-13-19(31)32/h4,7-9,12,14,16H,2-3,5-6,10-11,13H2,1H3,(H,30,33)(H,28,29,34). The zero-order valence-electron chi connectivity index (χ0n) is 20.2. The first-order valence-corrected chi connectivity index (χ1v) is 12.4. The number of pyridine rings is 2. The lowest BCUT2D eigenvalue weighted by atomic mass is 9.84. The fourth-order valence-corrected chi connectivity index (χ4v) is 4.98. The van der Waals surface area contributed by atoms with Crippen molar-refractivity contribution in [2.24, 2.45) is 5.92 Å². The van der Waals surface area contributed by atoms with E-state index >= 15 is 0 Å². The third-order valence-electron chi connectivity index (χ3n) is 6.71. The third-order valence-corrected chi connectivity index (χ3v) is 6.94. The van der Waals surface area contributed by atoms with E-state index in [9.17, 15) is 14.4 Å². The molecule has 1 saturated carbocycles. The Bertz CT molecular complexity index is 1320. The van der Waals surface area contributed by atoms with E-state index < -0.39 is 5.91 Å². The smallest absolute Gasteiger partial charge is 0.294 e. The second-order valence-corrected chi connectivity index (χ2v) is 9.39. The van der Waals surface area contributed by atoms with E-state index in [0.29, 0.717) is 42.0 Å². The number of nitrogens with one attached hydrogen (secondary N) is 2. The van der Waals surface area contributed by atoms with Gasteiger partial charge in [-0.05, 0) is 37.8 Å². The van der Waals surface area contributed by atoms with Crippen LogP contribution in [0.25, 0.3) is 11.0 Å². The fourth-order valence-electron chi connectivity index (χ4n) is 4.86. The summed E-state index contributed by atoms with van der Waals surface area (Å²) in [6, 6.07) is 4.85. The van der Waals surface area contributed by atoms with Crippen molar-refractivity contribution in [1.29, 1.82) is 0 Å². The molecule has 0 radical (unpaired) electrons. The molecule has 3 amide bonds. The lowest BCUT2D eigenvalue weighted by molar-refractivity contribution is -0.146. The minimum atomic E-state index is -0.599. The number of morpholine rings is 1. The number of hydrogen-bond acceptors (Lipinski definition) is 8. The fraction of sp³-hybridized carbons (Fsp3) is 0.400. The molecule has 1 aliphatic heterocycles. The quantitative estimate of drug-likeness (QED) is 0.497. The Morgan fingerprint density at radius 3 is 2.65 bits per heavy atom. The number of carbonyl (C=O) groups is 3. The van der Waals surface area contributed by atoms with Gasteiger partial charge in [-0.25, -0.2) is 9.97 Å². The van der Waals surface area contributed by atoms with Crippen molar-refractivity contribution in [3.63, 3.8) is 0 Å². The zero-order chi connectivity index (χ0) is 25.9. The lowest BCUT2D eigenvalue weighted by Gasteiger charge is -2.38. The van der Waals surface area contributed by atoms with Gasteiger partial charge in [0, 0.05) is 37.0 Å². The van der Waals surface area contributed by atoms with Crippen LogP contribution in [-0.2, 0) is 14.3 Å². The van der Waals surface area contributed by atoms with Crippen LogP contribution in [0.2, 0.25) is 5.02 Å². The first-order chi connectivity index (χ1) is 17.9. The molecule has 0 aromatic carbocycles. The molecule has 0 atom stereocenters. The van der Waals surface area contributed by atoms with E-state index in [4.69, 9.17) is 25.5 Å². The number of anilines is 2. The summed E-state index contributed by atoms with van der Waals surface area (Å²) in [6.45, 7) is 1.22. The molecule has 3 aromatic heterocycles. The Morgan fingerprint density at radius 1 is 1.14 bits per heavy atom. The van der Waals surface area contributed by atoms with Crippen molar-refractivity contribution in [2.75, 3.05) is 37.5 Å². The Kier molecular flexibility index (Phi) is 7.24. The Hall–Kier alpha value is -3.70. The molecule has 12 heteroatoms. The second kappa shape index (κ2) is 10.7. The van der Waals surface area contributed by atoms with E-state index in [1.807, 2.05) is 4.90 Å². The van der Waals surface area contributed by atoms with Gasteiger partial charge in [-0.3, -0.25) is 14.4 Å². The molecule has 11 nitrogen and oxygen atoms in total. The first-order valence-electron chi connectivity index (χ1n) is 12.0. The van der Waals surface area contributed by atoms with Crippen molar-refractivity contribution in [3.8, 4) is 5.88 Å². The highest BCUT2D eigenvalue weighted by atomic mass is 35.5. The summed E-state index contributed by atoms with van der Waals surface area (Å²) in [4.78, 5) is 48.9. The van der Waals surface area contributed by atoms with Gasteiger partial charge < -0.3 is 29.4 Å². The van der Waals surface area contributed by atoms with E-state index in [-0.39, 0.29) is 53.5 Å². The van der Waals surface area contributed by atoms with Crippen molar-refractivity contribution in [2.45, 2.75) is 31.7 Å². The summed E-state index contributed by atoms with van der Waals surface area (Å²) in [5, 5.41) is 6.38. The molecule has 0 bridgehead atoms. The van der Waals surface area contributed by atoms with Crippen LogP contribution in [0.1, 0.15) is 36.2 Å². The number of hydrogen-bond donors (Lipinski definition) is 2. The van der Waals surface area contributed by atoms with Gasteiger partial charge in [0.05, 0.1) is 18.7 Å². The van der Waals surface area contributed by atoms with E-state index in [1.54, 1.807) is 18.2 Å². The highest BCUT2D eigenvalue weighted by Gasteiger charge is 2.34. The first kappa shape index (κ1) is 25.0. The second-order valence-electron chi connectivity index (χ2n) is 8.95. The average Bonchev–Trinajstić information content (AvgIpc) is 3.29. The molecular formula is C25H26ClN5O6. The van der Waals surface area contributed by atoms with Crippen molar-refractivity contribution >= 4 is 51.8 Å². The Balaban J connectivity index is 1.36. The van der Waals surface area contributed by atoms with Gasteiger partial charge in [0.15, 0.2) is 0 Å². The number of furan rings is 1. The lowest BCUT2D eigenvalue weighted by Crippen LogP contribution is -2.49. The van der Waals surface area contributed by atoms with Crippen LogP contribution in [0.3, 0.4) is 0 Å². The number of fused-ring (bicyclic) bond motifs is 1. The van der Waals surface area contributed by atoms with Gasteiger partial charge in [-0.15, -0.1) is 0 Å². The predicted octanol–water partition coefficient (Wildman–Crippen LogP) is 3.49. The number of amides is 3. The number of carbonyl (C=O) groups excluding carboxylic acids is 3.